The van der Waals surface area contributed by atoms with E-state index in [-0.39, 0.29) is 18.1 Å². The molecule has 172 valence electrons. The Kier molecular flexibility index (Phi) is 6.18. The Hall–Kier alpha value is -3.12. The molecule has 3 heterocycles. The first-order valence-corrected chi connectivity index (χ1v) is 11.7. The number of nitrogens with zero attached hydrogens (tertiary/aromatic N) is 2. The molecule has 0 aliphatic carbocycles. The van der Waals surface area contributed by atoms with Gasteiger partial charge in [-0.25, -0.2) is 0 Å². The highest BCUT2D eigenvalue weighted by Crippen LogP contribution is 2.30. The largest absolute Gasteiger partial charge is 0.496 e. The van der Waals surface area contributed by atoms with Crippen LogP contribution in [0.3, 0.4) is 0 Å². The van der Waals surface area contributed by atoms with Crippen LogP contribution in [0.25, 0.3) is 22.0 Å². The van der Waals surface area contributed by atoms with E-state index in [4.69, 9.17) is 14.2 Å². The van der Waals surface area contributed by atoms with Crippen molar-refractivity contribution in [1.82, 2.24) is 9.88 Å². The van der Waals surface area contributed by atoms with Gasteiger partial charge in [-0.2, -0.15) is 0 Å². The Morgan fingerprint density at radius 1 is 1.06 bits per heavy atom. The molecule has 0 bridgehead atoms. The summed E-state index contributed by atoms with van der Waals surface area (Å²) in [6.45, 7) is 4.20. The molecule has 2 fully saturated rings. The van der Waals surface area contributed by atoms with E-state index in [2.05, 4.69) is 23.2 Å². The molecule has 1 amide bonds. The molecule has 6 heteroatoms. The van der Waals surface area contributed by atoms with E-state index >= 15 is 0 Å². The van der Waals surface area contributed by atoms with E-state index in [0.29, 0.717) is 6.61 Å². The zero-order valence-corrected chi connectivity index (χ0v) is 19.3. The molecule has 3 aromatic rings. The Balaban J connectivity index is 1.21. The van der Waals surface area contributed by atoms with Crippen molar-refractivity contribution in [3.8, 4) is 22.6 Å². The van der Waals surface area contributed by atoms with Crippen LogP contribution in [0.1, 0.15) is 31.2 Å². The fourth-order valence-corrected chi connectivity index (χ4v) is 4.80. The summed E-state index contributed by atoms with van der Waals surface area (Å²) in [6, 6.07) is 14.4. The predicted molar refractivity (Wildman–Crippen MR) is 128 cm³/mol. The highest BCUT2D eigenvalue weighted by Gasteiger charge is 2.31. The zero-order chi connectivity index (χ0) is 22.8. The number of piperidine rings is 1. The van der Waals surface area contributed by atoms with Crippen molar-refractivity contribution in [2.24, 2.45) is 0 Å². The molecule has 6 nitrogen and oxygen atoms in total. The van der Waals surface area contributed by atoms with Crippen molar-refractivity contribution in [3.63, 3.8) is 0 Å². The number of carbonyl (C=O) groups excluding carboxylic acids is 1. The van der Waals surface area contributed by atoms with Gasteiger partial charge in [0.2, 0.25) is 0 Å². The molecular formula is C27H30N2O4. The molecule has 2 aliphatic rings. The predicted octanol–water partition coefficient (Wildman–Crippen LogP) is 4.77. The van der Waals surface area contributed by atoms with E-state index in [9.17, 15) is 4.79 Å². The minimum absolute atomic E-state index is 0.129. The molecule has 1 aromatic heterocycles. The van der Waals surface area contributed by atoms with Crippen molar-refractivity contribution in [1.29, 1.82) is 0 Å². The van der Waals surface area contributed by atoms with E-state index in [0.717, 1.165) is 77.9 Å². The Labute approximate surface area is 194 Å². The topological polar surface area (TPSA) is 60.9 Å². The number of fused-ring (bicyclic) bond motifs is 1. The van der Waals surface area contributed by atoms with Crippen LogP contribution in [0, 0.1) is 6.92 Å². The van der Waals surface area contributed by atoms with Gasteiger partial charge in [0.05, 0.1) is 12.6 Å². The van der Waals surface area contributed by atoms with E-state index in [1.165, 1.54) is 0 Å². The summed E-state index contributed by atoms with van der Waals surface area (Å²) in [5.74, 6) is 1.86. The lowest BCUT2D eigenvalue weighted by atomic mass is 10.0. The lowest BCUT2D eigenvalue weighted by molar-refractivity contribution is -0.142. The van der Waals surface area contributed by atoms with Crippen LogP contribution >= 0.6 is 0 Å². The van der Waals surface area contributed by atoms with Gasteiger partial charge in [0, 0.05) is 55.2 Å². The van der Waals surface area contributed by atoms with E-state index in [1.54, 1.807) is 7.11 Å². The standard InChI is InChI=1S/C27H30N2O4/c1-18-24(31-2)10-7-20-16-21(17-28-26(18)20)19-5-8-22(9-6-19)33-23-11-13-29(14-12-23)27(30)25-4-3-15-32-25/h5-10,16-17,23,25H,3-4,11-15H2,1-2H3/t25-/m1/s1. The number of amides is 1. The van der Waals surface area contributed by atoms with Gasteiger partial charge >= 0.3 is 0 Å². The fourth-order valence-electron chi connectivity index (χ4n) is 4.80. The number of carbonyl (C=O) groups is 1. The molecule has 5 rings (SSSR count). The minimum Gasteiger partial charge on any atom is -0.496 e. The van der Waals surface area contributed by atoms with Crippen LogP contribution in [0.15, 0.2) is 48.7 Å². The molecular weight excluding hydrogens is 416 g/mol. The van der Waals surface area contributed by atoms with Gasteiger partial charge in [-0.15, -0.1) is 0 Å². The molecule has 0 N–H and O–H groups in total. The summed E-state index contributed by atoms with van der Waals surface area (Å²) < 4.78 is 17.2. The number of benzene rings is 2. The lowest BCUT2D eigenvalue weighted by Crippen LogP contribution is -2.45. The molecule has 0 spiro atoms. The third-order valence-electron chi connectivity index (χ3n) is 6.73. The van der Waals surface area contributed by atoms with Crippen LogP contribution < -0.4 is 9.47 Å². The summed E-state index contributed by atoms with van der Waals surface area (Å²) >= 11 is 0. The fraction of sp³-hybridized carbons (Fsp3) is 0.407. The second-order valence-electron chi connectivity index (χ2n) is 8.86. The number of aromatic nitrogens is 1. The number of rotatable bonds is 5. The van der Waals surface area contributed by atoms with Gasteiger partial charge in [0.1, 0.15) is 23.7 Å². The summed E-state index contributed by atoms with van der Waals surface area (Å²) in [6.07, 6.45) is 5.33. The highest BCUT2D eigenvalue weighted by molar-refractivity contribution is 5.87. The van der Waals surface area contributed by atoms with Crippen LogP contribution in [-0.4, -0.2) is 54.8 Å². The summed E-state index contributed by atoms with van der Waals surface area (Å²) in [5.41, 5.74) is 4.18. The van der Waals surface area contributed by atoms with Crippen molar-refractivity contribution in [2.45, 2.75) is 44.8 Å². The maximum absolute atomic E-state index is 12.5. The Morgan fingerprint density at radius 2 is 1.85 bits per heavy atom. The van der Waals surface area contributed by atoms with Gasteiger partial charge < -0.3 is 19.1 Å². The van der Waals surface area contributed by atoms with Crippen molar-refractivity contribution in [3.05, 3.63) is 54.2 Å². The Bertz CT molecular complexity index is 1130. The Morgan fingerprint density at radius 3 is 2.55 bits per heavy atom. The number of aryl methyl sites for hydroxylation is 1. The van der Waals surface area contributed by atoms with Crippen molar-refractivity contribution >= 4 is 16.8 Å². The first-order chi connectivity index (χ1) is 16.1. The maximum atomic E-state index is 12.5. The lowest BCUT2D eigenvalue weighted by Gasteiger charge is -2.33. The number of hydrogen-bond acceptors (Lipinski definition) is 5. The van der Waals surface area contributed by atoms with Crippen LogP contribution in [0.4, 0.5) is 0 Å². The monoisotopic (exact) mass is 446 g/mol. The molecule has 0 radical (unpaired) electrons. The first-order valence-electron chi connectivity index (χ1n) is 11.7. The molecule has 1 atom stereocenters. The summed E-state index contributed by atoms with van der Waals surface area (Å²) in [7, 11) is 1.68. The number of methoxy groups -OCH3 is 1. The van der Waals surface area contributed by atoms with E-state index < -0.39 is 0 Å². The van der Waals surface area contributed by atoms with Crippen LogP contribution in [0.2, 0.25) is 0 Å². The maximum Gasteiger partial charge on any atom is 0.251 e. The first kappa shape index (κ1) is 21.7. The van der Waals surface area contributed by atoms with Crippen LogP contribution in [0.5, 0.6) is 11.5 Å². The van der Waals surface area contributed by atoms with E-state index in [1.807, 2.05) is 42.3 Å². The van der Waals surface area contributed by atoms with Gasteiger partial charge in [0.25, 0.3) is 5.91 Å². The summed E-state index contributed by atoms with van der Waals surface area (Å²) in [5, 5.41) is 1.09. The SMILES string of the molecule is COc1ccc2cc(-c3ccc(OC4CCN(C(=O)[C@H]5CCCO5)CC4)cc3)cnc2c1C. The number of pyridine rings is 1. The smallest absolute Gasteiger partial charge is 0.251 e. The second kappa shape index (κ2) is 9.40. The third-order valence-corrected chi connectivity index (χ3v) is 6.73. The normalized spacial score (nSPS) is 19.1. The number of ether oxygens (including phenoxy) is 3. The van der Waals surface area contributed by atoms with Crippen molar-refractivity contribution in [2.75, 3.05) is 26.8 Å². The molecule has 0 saturated carbocycles. The van der Waals surface area contributed by atoms with Gasteiger partial charge in [-0.1, -0.05) is 12.1 Å². The van der Waals surface area contributed by atoms with Crippen LogP contribution in [-0.2, 0) is 9.53 Å². The molecule has 2 aliphatic heterocycles. The van der Waals surface area contributed by atoms with Gasteiger partial charge in [-0.3, -0.25) is 9.78 Å². The number of hydrogen-bond donors (Lipinski definition) is 0. The third kappa shape index (κ3) is 4.53. The number of likely N-dealkylation sites (tertiary alicyclic amines) is 1. The average Bonchev–Trinajstić information content (AvgIpc) is 3.40. The molecule has 2 aromatic carbocycles. The zero-order valence-electron chi connectivity index (χ0n) is 19.3. The second-order valence-corrected chi connectivity index (χ2v) is 8.86. The molecule has 33 heavy (non-hydrogen) atoms. The minimum atomic E-state index is -0.231. The van der Waals surface area contributed by atoms with Gasteiger partial charge in [-0.05, 0) is 55.7 Å². The average molecular weight is 447 g/mol. The summed E-state index contributed by atoms with van der Waals surface area (Å²) in [4.78, 5) is 19.1. The quantitative estimate of drug-likeness (QED) is 0.565. The molecule has 2 saturated heterocycles. The van der Waals surface area contributed by atoms with Gasteiger partial charge in [0.15, 0.2) is 0 Å². The molecule has 0 unspecified atom stereocenters. The van der Waals surface area contributed by atoms with Crippen molar-refractivity contribution < 1.29 is 19.0 Å². The highest BCUT2D eigenvalue weighted by atomic mass is 16.5.